The Labute approximate surface area is 306 Å². The highest BCUT2D eigenvalue weighted by atomic mass is 35.5. The number of hydrogen-bond acceptors (Lipinski definition) is 9. The van der Waals surface area contributed by atoms with Crippen LogP contribution in [-0.2, 0) is 24.6 Å². The van der Waals surface area contributed by atoms with Gasteiger partial charge in [-0.25, -0.2) is 4.39 Å². The van der Waals surface area contributed by atoms with E-state index in [2.05, 4.69) is 5.43 Å². The van der Waals surface area contributed by atoms with Crippen LogP contribution in [0.3, 0.4) is 0 Å². The summed E-state index contributed by atoms with van der Waals surface area (Å²) < 4.78 is 19.7. The van der Waals surface area contributed by atoms with Crippen LogP contribution >= 0.6 is 11.6 Å². The van der Waals surface area contributed by atoms with E-state index in [-0.39, 0.29) is 47.0 Å². The number of allylic oxidation sites excluding steroid dienone is 2. The largest absolute Gasteiger partial charge is 0.508 e. The van der Waals surface area contributed by atoms with Gasteiger partial charge < -0.3 is 9.84 Å². The lowest BCUT2D eigenvalue weighted by atomic mass is 9.49. The first-order valence-corrected chi connectivity index (χ1v) is 17.2. The smallest absolute Gasteiger partial charge is 0.269 e. The van der Waals surface area contributed by atoms with Gasteiger partial charge in [0.2, 0.25) is 11.8 Å². The number of ether oxygens (including phenoxy) is 1. The van der Waals surface area contributed by atoms with Crippen molar-refractivity contribution in [2.75, 3.05) is 17.4 Å². The van der Waals surface area contributed by atoms with Crippen molar-refractivity contribution in [2.24, 2.45) is 23.7 Å². The van der Waals surface area contributed by atoms with Crippen LogP contribution in [0.2, 0.25) is 5.02 Å². The van der Waals surface area contributed by atoms with E-state index in [1.807, 2.05) is 6.08 Å². The Morgan fingerprint density at radius 1 is 0.925 bits per heavy atom. The molecule has 6 atom stereocenters. The van der Waals surface area contributed by atoms with Gasteiger partial charge in [-0.2, -0.15) is 5.01 Å². The summed E-state index contributed by atoms with van der Waals surface area (Å²) in [4.78, 5) is 70.3. The van der Waals surface area contributed by atoms with Crippen molar-refractivity contribution in [3.05, 3.63) is 135 Å². The van der Waals surface area contributed by atoms with Crippen LogP contribution < -0.4 is 15.1 Å². The average molecular weight is 737 g/mol. The number of hydrogen-bond donors (Lipinski definition) is 2. The van der Waals surface area contributed by atoms with Gasteiger partial charge >= 0.3 is 0 Å². The fourth-order valence-corrected chi connectivity index (χ4v) is 9.07. The second-order valence-corrected chi connectivity index (χ2v) is 14.0. The monoisotopic (exact) mass is 736 g/mol. The van der Waals surface area contributed by atoms with Crippen LogP contribution in [0.1, 0.15) is 29.9 Å². The van der Waals surface area contributed by atoms with E-state index in [9.17, 15) is 34.0 Å². The van der Waals surface area contributed by atoms with E-state index in [4.69, 9.17) is 16.3 Å². The van der Waals surface area contributed by atoms with Crippen molar-refractivity contribution in [3.63, 3.8) is 0 Å². The number of nitro groups is 1. The van der Waals surface area contributed by atoms with Crippen molar-refractivity contribution < 1.29 is 38.3 Å². The summed E-state index contributed by atoms with van der Waals surface area (Å²) in [6, 6.07) is 21.5. The van der Waals surface area contributed by atoms with E-state index in [1.165, 1.54) is 61.7 Å². The number of carbonyl (C=O) groups is 4. The van der Waals surface area contributed by atoms with Gasteiger partial charge in [-0.1, -0.05) is 41.4 Å². The Kier molecular flexibility index (Phi) is 8.06. The molecule has 2 heterocycles. The maximum Gasteiger partial charge on any atom is 0.269 e. The van der Waals surface area contributed by atoms with Crippen molar-refractivity contribution in [3.8, 4) is 11.5 Å². The second-order valence-electron chi connectivity index (χ2n) is 13.6. The van der Waals surface area contributed by atoms with Gasteiger partial charge in [0.15, 0.2) is 0 Å². The number of imide groups is 2. The van der Waals surface area contributed by atoms with Crippen LogP contribution in [0.25, 0.3) is 0 Å². The van der Waals surface area contributed by atoms with E-state index >= 15 is 4.79 Å². The van der Waals surface area contributed by atoms with Crippen LogP contribution in [0.5, 0.6) is 11.5 Å². The third-order valence-corrected chi connectivity index (χ3v) is 11.4. The van der Waals surface area contributed by atoms with Gasteiger partial charge in [0, 0.05) is 28.6 Å². The Morgan fingerprint density at radius 3 is 2.28 bits per heavy atom. The average Bonchev–Trinajstić information content (AvgIpc) is 3.53. The molecule has 12 nitrogen and oxygen atoms in total. The molecule has 4 aromatic carbocycles. The highest BCUT2D eigenvalue weighted by molar-refractivity contribution is 6.30. The quantitative estimate of drug-likeness (QED) is 0.0962. The SMILES string of the molecule is COc1cccc(O)c1C1C2=CCC3C(=O)N(c4ccc([N+](=O)[O-])cc4)C(=O)C3C2CC2C(=O)N(Nc3ccc(F)cc3)C(=O)C21c1ccc(Cl)cc1. The second kappa shape index (κ2) is 12.6. The van der Waals surface area contributed by atoms with Gasteiger partial charge in [-0.3, -0.25) is 39.6 Å². The lowest BCUT2D eigenvalue weighted by Gasteiger charge is -2.50. The minimum absolute atomic E-state index is 0.0265. The van der Waals surface area contributed by atoms with Gasteiger partial charge in [-0.15, -0.1) is 0 Å². The summed E-state index contributed by atoms with van der Waals surface area (Å²) in [5.41, 5.74) is 2.61. The van der Waals surface area contributed by atoms with Crippen molar-refractivity contribution >= 4 is 52.3 Å². The number of nitrogens with zero attached hydrogens (tertiary/aromatic N) is 3. The topological polar surface area (TPSA) is 159 Å². The summed E-state index contributed by atoms with van der Waals surface area (Å²) in [7, 11) is 1.42. The number of phenols is 1. The molecular weight excluding hydrogens is 707 g/mol. The van der Waals surface area contributed by atoms with E-state index in [0.29, 0.717) is 16.2 Å². The van der Waals surface area contributed by atoms with Gasteiger partial charge in [0.25, 0.3) is 17.5 Å². The molecule has 0 bridgehead atoms. The third-order valence-electron chi connectivity index (χ3n) is 11.1. The summed E-state index contributed by atoms with van der Waals surface area (Å²) in [6.45, 7) is 0. The first-order chi connectivity index (χ1) is 25.5. The molecule has 4 aromatic rings. The van der Waals surface area contributed by atoms with Crippen molar-refractivity contribution in [1.82, 2.24) is 5.01 Å². The number of aromatic hydroxyl groups is 1. The van der Waals surface area contributed by atoms with Crippen LogP contribution in [-0.4, -0.2) is 45.8 Å². The van der Waals surface area contributed by atoms with Gasteiger partial charge in [0.1, 0.15) is 17.3 Å². The number of anilines is 2. The highest BCUT2D eigenvalue weighted by Gasteiger charge is 2.71. The Balaban J connectivity index is 1.33. The number of rotatable bonds is 7. The fraction of sp³-hybridized carbons (Fsp3) is 0.231. The third kappa shape index (κ3) is 5.01. The van der Waals surface area contributed by atoms with E-state index < -0.39 is 69.4 Å². The Hall–Kier alpha value is -6.08. The van der Waals surface area contributed by atoms with Crippen molar-refractivity contribution in [1.29, 1.82) is 0 Å². The number of nitrogens with one attached hydrogen (secondary N) is 1. The lowest BCUT2D eigenvalue weighted by Crippen LogP contribution is -2.53. The number of methoxy groups -OCH3 is 1. The molecule has 4 aliphatic rings. The maximum atomic E-state index is 15.3. The molecule has 53 heavy (non-hydrogen) atoms. The standard InChI is InChI=1S/C39H30ClFN4O8/c1-53-31-4-2-3-30(46)33(31)34-26-17-18-27-32(37(49)43(35(27)47)24-13-15-25(16-14-24)45(51)52)28(26)19-29-36(48)44(42-23-11-9-22(41)10-12-23)38(50)39(29,34)20-5-7-21(40)8-6-20/h2-17,27-29,32,34,42,46H,18-19H2,1H3. The zero-order chi connectivity index (χ0) is 37.3. The number of amides is 4. The molecular formula is C39H30ClFN4O8. The number of hydrazine groups is 1. The van der Waals surface area contributed by atoms with Crippen LogP contribution in [0, 0.1) is 39.6 Å². The summed E-state index contributed by atoms with van der Waals surface area (Å²) in [5.74, 6) is -7.55. The predicted octanol–water partition coefficient (Wildman–Crippen LogP) is 6.29. The van der Waals surface area contributed by atoms with E-state index in [0.717, 1.165) is 9.91 Å². The minimum atomic E-state index is -1.72. The Morgan fingerprint density at radius 2 is 1.62 bits per heavy atom. The highest BCUT2D eigenvalue weighted by Crippen LogP contribution is 2.66. The summed E-state index contributed by atoms with van der Waals surface area (Å²) in [6.07, 6.45) is 1.91. The number of fused-ring (bicyclic) bond motifs is 4. The molecule has 2 N–H and O–H groups in total. The first kappa shape index (κ1) is 34.0. The van der Waals surface area contributed by atoms with E-state index in [1.54, 1.807) is 36.4 Å². The zero-order valence-corrected chi connectivity index (χ0v) is 28.7. The molecule has 6 unspecified atom stereocenters. The lowest BCUT2D eigenvalue weighted by molar-refractivity contribution is -0.384. The molecule has 2 aliphatic heterocycles. The fourth-order valence-electron chi connectivity index (χ4n) is 8.95. The molecule has 0 aromatic heterocycles. The molecule has 2 aliphatic carbocycles. The van der Waals surface area contributed by atoms with Crippen LogP contribution in [0.4, 0.5) is 21.5 Å². The minimum Gasteiger partial charge on any atom is -0.508 e. The number of carbonyl (C=O) groups excluding carboxylic acids is 4. The number of phenolic OH excluding ortho intramolecular Hbond substituents is 1. The molecule has 268 valence electrons. The number of benzene rings is 4. The van der Waals surface area contributed by atoms with Gasteiger partial charge in [-0.05, 0) is 85.0 Å². The molecule has 2 saturated heterocycles. The predicted molar refractivity (Wildman–Crippen MR) is 189 cm³/mol. The first-order valence-electron chi connectivity index (χ1n) is 16.8. The molecule has 8 rings (SSSR count). The van der Waals surface area contributed by atoms with Crippen molar-refractivity contribution in [2.45, 2.75) is 24.2 Å². The molecule has 0 spiro atoms. The summed E-state index contributed by atoms with van der Waals surface area (Å²) in [5, 5.41) is 24.2. The maximum absolute atomic E-state index is 15.3. The van der Waals surface area contributed by atoms with Crippen LogP contribution in [0.15, 0.2) is 103 Å². The number of halogens is 2. The number of nitro benzene ring substituents is 1. The van der Waals surface area contributed by atoms with Gasteiger partial charge in [0.05, 0.1) is 46.6 Å². The molecule has 14 heteroatoms. The molecule has 3 fully saturated rings. The zero-order valence-electron chi connectivity index (χ0n) is 27.9. The molecule has 4 amide bonds. The molecule has 1 saturated carbocycles. The Bertz CT molecular complexity index is 2250. The number of non-ortho nitro benzene ring substituents is 1. The molecule has 0 radical (unpaired) electrons. The summed E-state index contributed by atoms with van der Waals surface area (Å²) >= 11 is 6.34. The normalized spacial score (nSPS) is 26.2.